The Kier molecular flexibility index (Phi) is 7.81. The maximum Gasteiger partial charge on any atom is 0.266 e. The number of carbonyl (C=O) groups is 1. The van der Waals surface area contributed by atoms with Gasteiger partial charge in [0.15, 0.2) is 0 Å². The molecule has 6 heteroatoms. The lowest BCUT2D eigenvalue weighted by Gasteiger charge is -2.14. The molecule has 0 aliphatic carbocycles. The van der Waals surface area contributed by atoms with Crippen molar-refractivity contribution in [2.24, 2.45) is 0 Å². The minimum absolute atomic E-state index is 0.0270. The first-order valence-corrected chi connectivity index (χ1v) is 11.1. The van der Waals surface area contributed by atoms with E-state index in [0.29, 0.717) is 22.3 Å². The van der Waals surface area contributed by atoms with Gasteiger partial charge in [0, 0.05) is 5.69 Å². The number of benzene rings is 3. The van der Waals surface area contributed by atoms with Crippen LogP contribution in [0.3, 0.4) is 0 Å². The Morgan fingerprint density at radius 3 is 2.30 bits per heavy atom. The number of rotatable bonds is 6. The van der Waals surface area contributed by atoms with Gasteiger partial charge in [0.05, 0.1) is 10.0 Å². The highest BCUT2D eigenvalue weighted by atomic mass is 35.5. The van der Waals surface area contributed by atoms with Gasteiger partial charge >= 0.3 is 0 Å². The summed E-state index contributed by atoms with van der Waals surface area (Å²) in [6.07, 6.45) is 1.59. The van der Waals surface area contributed by atoms with E-state index in [4.69, 9.17) is 27.9 Å². The van der Waals surface area contributed by atoms with E-state index in [1.807, 2.05) is 70.2 Å². The fourth-order valence-electron chi connectivity index (χ4n) is 3.46. The normalized spacial score (nSPS) is 11.1. The second-order valence-electron chi connectivity index (χ2n) is 7.96. The molecule has 0 heterocycles. The molecule has 168 valence electrons. The number of carbonyl (C=O) groups excluding carboxylic acids is 1. The van der Waals surface area contributed by atoms with Gasteiger partial charge in [-0.1, -0.05) is 41.4 Å². The summed E-state index contributed by atoms with van der Waals surface area (Å²) in [5.41, 5.74) is 6.13. The number of aryl methyl sites for hydroxylation is 4. The average Bonchev–Trinajstić information content (AvgIpc) is 2.76. The lowest BCUT2D eigenvalue weighted by Crippen LogP contribution is -2.14. The summed E-state index contributed by atoms with van der Waals surface area (Å²) in [5, 5.41) is 13.4. The van der Waals surface area contributed by atoms with Crippen LogP contribution in [0.15, 0.2) is 54.1 Å². The average molecular weight is 479 g/mol. The number of hydrogen-bond donors (Lipinski definition) is 1. The molecule has 33 heavy (non-hydrogen) atoms. The maximum atomic E-state index is 12.7. The first-order chi connectivity index (χ1) is 15.7. The van der Waals surface area contributed by atoms with Gasteiger partial charge in [0.25, 0.3) is 5.91 Å². The Labute approximate surface area is 204 Å². The zero-order valence-electron chi connectivity index (χ0n) is 18.9. The van der Waals surface area contributed by atoms with Crippen LogP contribution in [-0.4, -0.2) is 5.91 Å². The second-order valence-corrected chi connectivity index (χ2v) is 8.78. The van der Waals surface area contributed by atoms with Crippen molar-refractivity contribution >= 4 is 40.9 Å². The van der Waals surface area contributed by atoms with Gasteiger partial charge in [-0.2, -0.15) is 5.26 Å². The van der Waals surface area contributed by atoms with Crippen LogP contribution in [0.25, 0.3) is 6.08 Å². The lowest BCUT2D eigenvalue weighted by molar-refractivity contribution is -0.112. The van der Waals surface area contributed by atoms with Crippen LogP contribution in [0, 0.1) is 39.0 Å². The third kappa shape index (κ3) is 6.16. The molecule has 0 atom stereocenters. The second kappa shape index (κ2) is 10.6. The van der Waals surface area contributed by atoms with Gasteiger partial charge in [0.1, 0.15) is 24.0 Å². The van der Waals surface area contributed by atoms with Crippen LogP contribution in [0.4, 0.5) is 5.69 Å². The first-order valence-electron chi connectivity index (χ1n) is 10.4. The lowest BCUT2D eigenvalue weighted by atomic mass is 10.0. The molecular weight excluding hydrogens is 455 g/mol. The van der Waals surface area contributed by atoms with Gasteiger partial charge < -0.3 is 10.1 Å². The SMILES string of the molecule is Cc1ccc(C)c(NC(=O)/C(C#N)=C/c2cc(C)c(OCc3ccc(Cl)c(Cl)c3)c(C)c2)c1. The molecule has 0 radical (unpaired) electrons. The molecule has 3 aromatic rings. The molecule has 1 amide bonds. The fraction of sp³-hybridized carbons (Fsp3) is 0.185. The van der Waals surface area contributed by atoms with Gasteiger partial charge in [-0.15, -0.1) is 0 Å². The van der Waals surface area contributed by atoms with Crippen molar-refractivity contribution in [3.05, 3.63) is 97.5 Å². The molecule has 0 spiro atoms. The monoisotopic (exact) mass is 478 g/mol. The van der Waals surface area contributed by atoms with Gasteiger partial charge in [0.2, 0.25) is 0 Å². The predicted molar refractivity (Wildman–Crippen MR) is 135 cm³/mol. The highest BCUT2D eigenvalue weighted by molar-refractivity contribution is 6.42. The summed E-state index contributed by atoms with van der Waals surface area (Å²) in [4.78, 5) is 12.7. The van der Waals surface area contributed by atoms with Gasteiger partial charge in [-0.3, -0.25) is 4.79 Å². The Hall–Kier alpha value is -3.26. The van der Waals surface area contributed by atoms with Crippen LogP contribution in [0.5, 0.6) is 5.75 Å². The summed E-state index contributed by atoms with van der Waals surface area (Å²) in [5.74, 6) is 0.304. The molecule has 4 nitrogen and oxygen atoms in total. The molecule has 0 aliphatic heterocycles. The molecule has 3 rings (SSSR count). The van der Waals surface area contributed by atoms with Crippen LogP contribution >= 0.6 is 23.2 Å². The largest absolute Gasteiger partial charge is 0.488 e. The number of halogens is 2. The van der Waals surface area contributed by atoms with E-state index in [9.17, 15) is 10.1 Å². The number of hydrogen-bond acceptors (Lipinski definition) is 3. The summed E-state index contributed by atoms with van der Waals surface area (Å²) in [7, 11) is 0. The molecule has 3 aromatic carbocycles. The van der Waals surface area contributed by atoms with Gasteiger partial charge in [-0.25, -0.2) is 0 Å². The number of ether oxygens (including phenoxy) is 1. The zero-order chi connectivity index (χ0) is 24.1. The van der Waals surface area contributed by atoms with Crippen molar-refractivity contribution < 1.29 is 9.53 Å². The summed E-state index contributed by atoms with van der Waals surface area (Å²) < 4.78 is 6.02. The number of nitriles is 1. The van der Waals surface area contributed by atoms with E-state index < -0.39 is 5.91 Å². The summed E-state index contributed by atoms with van der Waals surface area (Å²) in [6.45, 7) is 8.06. The minimum atomic E-state index is -0.443. The third-order valence-electron chi connectivity index (χ3n) is 5.17. The smallest absolute Gasteiger partial charge is 0.266 e. The Balaban J connectivity index is 1.79. The molecular formula is C27H24Cl2N2O2. The Bertz CT molecular complexity index is 1270. The maximum absolute atomic E-state index is 12.7. The van der Waals surface area contributed by atoms with E-state index in [2.05, 4.69) is 5.32 Å². The molecule has 0 bridgehead atoms. The van der Waals surface area contributed by atoms with E-state index >= 15 is 0 Å². The summed E-state index contributed by atoms with van der Waals surface area (Å²) in [6, 6.07) is 17.0. The first kappa shape index (κ1) is 24.4. The molecule has 0 unspecified atom stereocenters. The van der Waals surface area contributed by atoms with Crippen molar-refractivity contribution in [2.75, 3.05) is 5.32 Å². The molecule has 0 saturated carbocycles. The van der Waals surface area contributed by atoms with E-state index in [1.165, 1.54) is 0 Å². The van der Waals surface area contributed by atoms with Crippen molar-refractivity contribution in [1.82, 2.24) is 0 Å². The van der Waals surface area contributed by atoms with Crippen molar-refractivity contribution in [3.8, 4) is 11.8 Å². The zero-order valence-corrected chi connectivity index (χ0v) is 20.4. The molecule has 0 fully saturated rings. The highest BCUT2D eigenvalue weighted by Crippen LogP contribution is 2.28. The van der Waals surface area contributed by atoms with Gasteiger partial charge in [-0.05, 0) is 97.5 Å². The predicted octanol–water partition coefficient (Wildman–Crippen LogP) is 7.35. The Morgan fingerprint density at radius 2 is 1.67 bits per heavy atom. The number of anilines is 1. The number of nitrogens with one attached hydrogen (secondary N) is 1. The minimum Gasteiger partial charge on any atom is -0.488 e. The van der Waals surface area contributed by atoms with Crippen LogP contribution in [0.1, 0.15) is 33.4 Å². The number of nitrogens with zero attached hydrogens (tertiary/aromatic N) is 1. The van der Waals surface area contributed by atoms with Crippen LogP contribution < -0.4 is 10.1 Å². The van der Waals surface area contributed by atoms with E-state index in [-0.39, 0.29) is 5.57 Å². The van der Waals surface area contributed by atoms with Crippen molar-refractivity contribution in [2.45, 2.75) is 34.3 Å². The van der Waals surface area contributed by atoms with Crippen LogP contribution in [-0.2, 0) is 11.4 Å². The highest BCUT2D eigenvalue weighted by Gasteiger charge is 2.13. The third-order valence-corrected chi connectivity index (χ3v) is 5.91. The Morgan fingerprint density at radius 1 is 0.970 bits per heavy atom. The van der Waals surface area contributed by atoms with Crippen LogP contribution in [0.2, 0.25) is 10.0 Å². The quantitative estimate of drug-likeness (QED) is 0.297. The molecule has 0 aromatic heterocycles. The molecule has 1 N–H and O–H groups in total. The standard InChI is InChI=1S/C27H24Cl2N2O2/c1-16-5-6-17(2)25(9-16)31-27(32)22(14-30)12-21-10-18(3)26(19(4)11-21)33-15-20-7-8-23(28)24(29)13-20/h5-13H,15H2,1-4H3,(H,31,32)/b22-12+. The van der Waals surface area contributed by atoms with E-state index in [1.54, 1.807) is 18.2 Å². The molecule has 0 saturated heterocycles. The topological polar surface area (TPSA) is 62.1 Å². The van der Waals surface area contributed by atoms with E-state index in [0.717, 1.165) is 39.1 Å². The van der Waals surface area contributed by atoms with Crippen molar-refractivity contribution in [1.29, 1.82) is 5.26 Å². The molecule has 0 aliphatic rings. The summed E-state index contributed by atoms with van der Waals surface area (Å²) >= 11 is 12.1. The fourth-order valence-corrected chi connectivity index (χ4v) is 3.78. The number of amides is 1. The van der Waals surface area contributed by atoms with Crippen molar-refractivity contribution in [3.63, 3.8) is 0 Å².